The van der Waals surface area contributed by atoms with E-state index in [0.717, 1.165) is 38.6 Å². The predicted octanol–water partition coefficient (Wildman–Crippen LogP) is 1.98. The van der Waals surface area contributed by atoms with E-state index in [4.69, 9.17) is 4.74 Å². The first-order valence-electron chi connectivity index (χ1n) is 6.20. The number of anilines is 1. The zero-order chi connectivity index (χ0) is 12.5. The molecule has 0 spiro atoms. The number of methoxy groups -OCH3 is 1. The van der Waals surface area contributed by atoms with Crippen LogP contribution in [0.25, 0.3) is 0 Å². The number of rotatable bonds is 8. The molecule has 0 radical (unpaired) electrons. The van der Waals surface area contributed by atoms with E-state index < -0.39 is 0 Å². The van der Waals surface area contributed by atoms with Gasteiger partial charge in [-0.05, 0) is 31.2 Å². The van der Waals surface area contributed by atoms with Gasteiger partial charge in [0, 0.05) is 32.9 Å². The molecular formula is C13H23N3O. The summed E-state index contributed by atoms with van der Waals surface area (Å²) in [5, 5.41) is 3.23. The number of ether oxygens (including phenoxy) is 1. The summed E-state index contributed by atoms with van der Waals surface area (Å²) in [4.78, 5) is 6.63. The molecule has 0 aromatic carbocycles. The van der Waals surface area contributed by atoms with E-state index in [-0.39, 0.29) is 0 Å². The Kier molecular flexibility index (Phi) is 6.58. The number of aromatic nitrogens is 1. The predicted molar refractivity (Wildman–Crippen MR) is 71.2 cm³/mol. The van der Waals surface area contributed by atoms with E-state index >= 15 is 0 Å². The molecule has 4 heteroatoms. The van der Waals surface area contributed by atoms with Gasteiger partial charge in [-0.25, -0.2) is 4.98 Å². The lowest BCUT2D eigenvalue weighted by Crippen LogP contribution is -2.26. The van der Waals surface area contributed by atoms with E-state index in [9.17, 15) is 0 Å². The van der Waals surface area contributed by atoms with Crippen LogP contribution in [0.4, 0.5) is 5.82 Å². The van der Waals surface area contributed by atoms with E-state index in [1.807, 2.05) is 6.20 Å². The van der Waals surface area contributed by atoms with Crippen molar-refractivity contribution in [1.82, 2.24) is 9.88 Å². The van der Waals surface area contributed by atoms with Crippen LogP contribution in [0, 0.1) is 0 Å². The van der Waals surface area contributed by atoms with Gasteiger partial charge in [-0.15, -0.1) is 0 Å². The molecule has 0 unspecified atom stereocenters. The van der Waals surface area contributed by atoms with Gasteiger partial charge in [-0.2, -0.15) is 0 Å². The SMILES string of the molecule is CCNc1cc(CN(CC)CCOC)ccn1. The smallest absolute Gasteiger partial charge is 0.126 e. The molecule has 0 atom stereocenters. The Morgan fingerprint density at radius 3 is 2.88 bits per heavy atom. The molecule has 1 aromatic rings. The van der Waals surface area contributed by atoms with Crippen molar-refractivity contribution in [1.29, 1.82) is 0 Å². The summed E-state index contributed by atoms with van der Waals surface area (Å²) >= 11 is 0. The molecule has 0 aliphatic carbocycles. The van der Waals surface area contributed by atoms with Crippen molar-refractivity contribution in [3.63, 3.8) is 0 Å². The number of likely N-dealkylation sites (N-methyl/N-ethyl adjacent to an activating group) is 1. The molecule has 96 valence electrons. The molecule has 0 fully saturated rings. The van der Waals surface area contributed by atoms with E-state index in [2.05, 4.69) is 41.2 Å². The van der Waals surface area contributed by atoms with Gasteiger partial charge in [0.1, 0.15) is 5.82 Å². The van der Waals surface area contributed by atoms with Gasteiger partial charge in [-0.1, -0.05) is 6.92 Å². The summed E-state index contributed by atoms with van der Waals surface area (Å²) in [6, 6.07) is 4.18. The molecule has 0 aliphatic rings. The van der Waals surface area contributed by atoms with Crippen LogP contribution >= 0.6 is 0 Å². The largest absolute Gasteiger partial charge is 0.383 e. The summed E-state index contributed by atoms with van der Waals surface area (Å²) in [5.74, 6) is 0.952. The fraction of sp³-hybridized carbons (Fsp3) is 0.615. The Bertz CT molecular complexity index is 317. The third-order valence-electron chi connectivity index (χ3n) is 2.65. The fourth-order valence-electron chi connectivity index (χ4n) is 1.68. The lowest BCUT2D eigenvalue weighted by molar-refractivity contribution is 0.147. The highest BCUT2D eigenvalue weighted by Crippen LogP contribution is 2.09. The molecule has 17 heavy (non-hydrogen) atoms. The fourth-order valence-corrected chi connectivity index (χ4v) is 1.68. The Hall–Kier alpha value is -1.13. The molecule has 0 amide bonds. The van der Waals surface area contributed by atoms with E-state index in [1.54, 1.807) is 7.11 Å². The zero-order valence-electron chi connectivity index (χ0n) is 11.1. The average Bonchev–Trinajstić information content (AvgIpc) is 2.35. The van der Waals surface area contributed by atoms with Crippen LogP contribution in [0.2, 0.25) is 0 Å². The highest BCUT2D eigenvalue weighted by molar-refractivity contribution is 5.37. The number of nitrogens with one attached hydrogen (secondary N) is 1. The van der Waals surface area contributed by atoms with Gasteiger partial charge in [0.2, 0.25) is 0 Å². The Morgan fingerprint density at radius 1 is 1.41 bits per heavy atom. The Balaban J connectivity index is 2.55. The number of hydrogen-bond acceptors (Lipinski definition) is 4. The van der Waals surface area contributed by atoms with Gasteiger partial charge in [0.25, 0.3) is 0 Å². The summed E-state index contributed by atoms with van der Waals surface area (Å²) in [6.07, 6.45) is 1.86. The Labute approximate surface area is 104 Å². The monoisotopic (exact) mass is 237 g/mol. The van der Waals surface area contributed by atoms with Gasteiger partial charge in [0.15, 0.2) is 0 Å². The molecule has 4 nitrogen and oxygen atoms in total. The first-order valence-corrected chi connectivity index (χ1v) is 6.20. The first-order chi connectivity index (χ1) is 8.30. The summed E-state index contributed by atoms with van der Waals surface area (Å²) in [6.45, 7) is 8.86. The molecule has 0 aliphatic heterocycles. The van der Waals surface area contributed by atoms with Crippen LogP contribution in [-0.4, -0.2) is 43.2 Å². The van der Waals surface area contributed by atoms with Crippen molar-refractivity contribution < 1.29 is 4.74 Å². The molecule has 1 rings (SSSR count). The molecule has 0 saturated heterocycles. The van der Waals surface area contributed by atoms with Gasteiger partial charge >= 0.3 is 0 Å². The molecular weight excluding hydrogens is 214 g/mol. The highest BCUT2D eigenvalue weighted by Gasteiger charge is 2.04. The maximum atomic E-state index is 5.11. The van der Waals surface area contributed by atoms with E-state index in [1.165, 1.54) is 5.56 Å². The average molecular weight is 237 g/mol. The quantitative estimate of drug-likeness (QED) is 0.750. The van der Waals surface area contributed by atoms with Crippen molar-refractivity contribution in [3.05, 3.63) is 23.9 Å². The molecule has 0 saturated carbocycles. The van der Waals surface area contributed by atoms with Crippen molar-refractivity contribution in [2.75, 3.05) is 38.7 Å². The summed E-state index contributed by atoms with van der Waals surface area (Å²) in [7, 11) is 1.74. The van der Waals surface area contributed by atoms with Crippen LogP contribution in [0.3, 0.4) is 0 Å². The summed E-state index contributed by atoms with van der Waals surface area (Å²) < 4.78 is 5.11. The molecule has 1 N–H and O–H groups in total. The maximum absolute atomic E-state index is 5.11. The lowest BCUT2D eigenvalue weighted by Gasteiger charge is -2.20. The first kappa shape index (κ1) is 13.9. The van der Waals surface area contributed by atoms with Gasteiger partial charge < -0.3 is 10.1 Å². The molecule has 1 aromatic heterocycles. The van der Waals surface area contributed by atoms with Crippen molar-refractivity contribution >= 4 is 5.82 Å². The molecule has 0 bridgehead atoms. The number of hydrogen-bond donors (Lipinski definition) is 1. The minimum Gasteiger partial charge on any atom is -0.383 e. The number of nitrogens with zero attached hydrogens (tertiary/aromatic N) is 2. The minimum atomic E-state index is 0.777. The van der Waals surface area contributed by atoms with Crippen molar-refractivity contribution in [2.45, 2.75) is 20.4 Å². The number of pyridine rings is 1. The third kappa shape index (κ3) is 5.15. The minimum absolute atomic E-state index is 0.777. The van der Waals surface area contributed by atoms with Gasteiger partial charge in [0.05, 0.1) is 6.61 Å². The maximum Gasteiger partial charge on any atom is 0.126 e. The van der Waals surface area contributed by atoms with Gasteiger partial charge in [-0.3, -0.25) is 4.90 Å². The van der Waals surface area contributed by atoms with Crippen LogP contribution in [0.1, 0.15) is 19.4 Å². The topological polar surface area (TPSA) is 37.4 Å². The third-order valence-corrected chi connectivity index (χ3v) is 2.65. The highest BCUT2D eigenvalue weighted by atomic mass is 16.5. The van der Waals surface area contributed by atoms with Crippen molar-refractivity contribution in [3.8, 4) is 0 Å². The lowest BCUT2D eigenvalue weighted by atomic mass is 10.2. The molecule has 1 heterocycles. The second-order valence-electron chi connectivity index (χ2n) is 3.94. The van der Waals surface area contributed by atoms with E-state index in [0.29, 0.717) is 0 Å². The normalized spacial score (nSPS) is 10.8. The second-order valence-corrected chi connectivity index (χ2v) is 3.94. The second kappa shape index (κ2) is 8.03. The van der Waals surface area contributed by atoms with Crippen molar-refractivity contribution in [2.24, 2.45) is 0 Å². The van der Waals surface area contributed by atoms with Crippen LogP contribution < -0.4 is 5.32 Å². The van der Waals surface area contributed by atoms with Crippen LogP contribution in [0.15, 0.2) is 18.3 Å². The zero-order valence-corrected chi connectivity index (χ0v) is 11.1. The Morgan fingerprint density at radius 2 is 2.24 bits per heavy atom. The summed E-state index contributed by atoms with van der Waals surface area (Å²) in [5.41, 5.74) is 1.29. The van der Waals surface area contributed by atoms with Crippen LogP contribution in [-0.2, 0) is 11.3 Å². The standard InChI is InChI=1S/C13H23N3O/c1-4-14-13-10-12(6-7-15-13)11-16(5-2)8-9-17-3/h6-7,10H,4-5,8-9,11H2,1-3H3,(H,14,15). The van der Waals surface area contributed by atoms with Crippen LogP contribution in [0.5, 0.6) is 0 Å².